The van der Waals surface area contributed by atoms with E-state index in [1.54, 1.807) is 49.8 Å². The number of nitrogens with zero attached hydrogens (tertiary/aromatic N) is 3. The summed E-state index contributed by atoms with van der Waals surface area (Å²) in [5.41, 5.74) is 1.47. The summed E-state index contributed by atoms with van der Waals surface area (Å²) in [5.74, 6) is 1.55. The van der Waals surface area contributed by atoms with E-state index in [9.17, 15) is 4.79 Å². The number of benzene rings is 2. The molecule has 146 valence electrons. The lowest BCUT2D eigenvalue weighted by Crippen LogP contribution is -2.48. The minimum absolute atomic E-state index is 0.0314. The molecule has 1 aromatic heterocycles. The number of halogens is 1. The summed E-state index contributed by atoms with van der Waals surface area (Å²) >= 11 is 7.49. The number of ether oxygens (including phenoxy) is 2. The van der Waals surface area contributed by atoms with E-state index < -0.39 is 0 Å². The van der Waals surface area contributed by atoms with Crippen molar-refractivity contribution in [3.8, 4) is 11.5 Å². The Balaban J connectivity index is 1.50. The Bertz CT molecular complexity index is 957. The molecule has 2 heterocycles. The molecule has 8 heteroatoms. The predicted molar refractivity (Wildman–Crippen MR) is 112 cm³/mol. The molecule has 2 aromatic carbocycles. The third-order valence-electron chi connectivity index (χ3n) is 4.83. The highest BCUT2D eigenvalue weighted by atomic mass is 35.5. The minimum atomic E-state index is 0.0314. The second kappa shape index (κ2) is 7.85. The maximum Gasteiger partial charge on any atom is 0.253 e. The maximum absolute atomic E-state index is 12.7. The van der Waals surface area contributed by atoms with Gasteiger partial charge < -0.3 is 19.3 Å². The van der Waals surface area contributed by atoms with Crippen molar-refractivity contribution in [2.24, 2.45) is 0 Å². The number of fused-ring (bicyclic) bond motifs is 1. The molecule has 4 rings (SSSR count). The standard InChI is InChI=1S/C20H20ClN3O3S/c1-26-15-7-8-16(27-2)18-17(15)22-20(28-18)24-11-9-23(10-12-24)19(25)13-3-5-14(21)6-4-13/h3-8H,9-12H2,1-2H3. The summed E-state index contributed by atoms with van der Waals surface area (Å²) in [6.07, 6.45) is 0. The molecule has 0 aliphatic carbocycles. The van der Waals surface area contributed by atoms with E-state index in [2.05, 4.69) is 4.90 Å². The van der Waals surface area contributed by atoms with Crippen LogP contribution in [0, 0.1) is 0 Å². The third kappa shape index (κ3) is 3.47. The van der Waals surface area contributed by atoms with Crippen molar-refractivity contribution in [3.05, 3.63) is 47.0 Å². The molecule has 0 unspecified atom stereocenters. The van der Waals surface area contributed by atoms with Crippen molar-refractivity contribution in [3.63, 3.8) is 0 Å². The molecule has 0 spiro atoms. The van der Waals surface area contributed by atoms with Crippen molar-refractivity contribution >= 4 is 44.2 Å². The van der Waals surface area contributed by atoms with Crippen molar-refractivity contribution in [2.75, 3.05) is 45.3 Å². The van der Waals surface area contributed by atoms with Crippen molar-refractivity contribution in [1.29, 1.82) is 0 Å². The van der Waals surface area contributed by atoms with Crippen LogP contribution in [-0.2, 0) is 0 Å². The molecule has 1 amide bonds. The predicted octanol–water partition coefficient (Wildman–Crippen LogP) is 3.93. The summed E-state index contributed by atoms with van der Waals surface area (Å²) in [6.45, 7) is 2.74. The highest BCUT2D eigenvalue weighted by Gasteiger charge is 2.25. The Morgan fingerprint density at radius 1 is 1.00 bits per heavy atom. The molecule has 0 saturated carbocycles. The van der Waals surface area contributed by atoms with Gasteiger partial charge in [-0.15, -0.1) is 0 Å². The van der Waals surface area contributed by atoms with Crippen molar-refractivity contribution in [2.45, 2.75) is 0 Å². The van der Waals surface area contributed by atoms with E-state index in [-0.39, 0.29) is 5.91 Å². The fourth-order valence-corrected chi connectivity index (χ4v) is 4.54. The lowest BCUT2D eigenvalue weighted by molar-refractivity contribution is 0.0747. The largest absolute Gasteiger partial charge is 0.495 e. The highest BCUT2D eigenvalue weighted by Crippen LogP contribution is 2.40. The molecule has 1 aliphatic rings. The first kappa shape index (κ1) is 18.8. The van der Waals surface area contributed by atoms with Crippen LogP contribution in [0.1, 0.15) is 10.4 Å². The number of hydrogen-bond donors (Lipinski definition) is 0. The van der Waals surface area contributed by atoms with Crippen LogP contribution in [0.25, 0.3) is 10.2 Å². The molecule has 0 N–H and O–H groups in total. The van der Waals surface area contributed by atoms with Gasteiger partial charge in [0.2, 0.25) is 0 Å². The van der Waals surface area contributed by atoms with Crippen molar-refractivity contribution in [1.82, 2.24) is 9.88 Å². The Morgan fingerprint density at radius 3 is 2.29 bits per heavy atom. The Labute approximate surface area is 172 Å². The summed E-state index contributed by atoms with van der Waals surface area (Å²) in [4.78, 5) is 21.5. The summed E-state index contributed by atoms with van der Waals surface area (Å²) in [7, 11) is 3.29. The minimum Gasteiger partial charge on any atom is -0.495 e. The van der Waals surface area contributed by atoms with Crippen LogP contribution in [0.5, 0.6) is 11.5 Å². The van der Waals surface area contributed by atoms with Crippen LogP contribution in [0.15, 0.2) is 36.4 Å². The number of methoxy groups -OCH3 is 2. The van der Waals surface area contributed by atoms with Gasteiger partial charge >= 0.3 is 0 Å². The monoisotopic (exact) mass is 417 g/mol. The second-order valence-electron chi connectivity index (χ2n) is 6.43. The zero-order chi connectivity index (χ0) is 19.7. The lowest BCUT2D eigenvalue weighted by Gasteiger charge is -2.34. The van der Waals surface area contributed by atoms with E-state index in [4.69, 9.17) is 26.1 Å². The maximum atomic E-state index is 12.7. The van der Waals surface area contributed by atoms with Gasteiger partial charge in [0.25, 0.3) is 5.91 Å². The van der Waals surface area contributed by atoms with Gasteiger partial charge in [-0.3, -0.25) is 4.79 Å². The molecular formula is C20H20ClN3O3S. The zero-order valence-electron chi connectivity index (χ0n) is 15.6. The van der Waals surface area contributed by atoms with Gasteiger partial charge in [0.1, 0.15) is 21.7 Å². The topological polar surface area (TPSA) is 54.9 Å². The lowest BCUT2D eigenvalue weighted by atomic mass is 10.2. The van der Waals surface area contributed by atoms with Gasteiger partial charge in [-0.1, -0.05) is 22.9 Å². The SMILES string of the molecule is COc1ccc(OC)c2sc(N3CCN(C(=O)c4ccc(Cl)cc4)CC3)nc12. The number of thiazole rings is 1. The quantitative estimate of drug-likeness (QED) is 0.643. The first-order valence-corrected chi connectivity index (χ1v) is 10.1. The average Bonchev–Trinajstić information content (AvgIpc) is 3.19. The van der Waals surface area contributed by atoms with Gasteiger partial charge in [-0.2, -0.15) is 0 Å². The number of anilines is 1. The molecule has 1 saturated heterocycles. The van der Waals surface area contributed by atoms with Crippen LogP contribution >= 0.6 is 22.9 Å². The van der Waals surface area contributed by atoms with E-state index >= 15 is 0 Å². The van der Waals surface area contributed by atoms with Gasteiger partial charge in [0.15, 0.2) is 5.13 Å². The number of rotatable bonds is 4. The normalized spacial score (nSPS) is 14.4. The molecule has 0 atom stereocenters. The smallest absolute Gasteiger partial charge is 0.253 e. The number of piperazine rings is 1. The molecule has 28 heavy (non-hydrogen) atoms. The van der Waals surface area contributed by atoms with Crippen LogP contribution in [0.3, 0.4) is 0 Å². The summed E-state index contributed by atoms with van der Waals surface area (Å²) in [6, 6.07) is 10.8. The number of amides is 1. The van der Waals surface area contributed by atoms with E-state index in [1.807, 2.05) is 17.0 Å². The van der Waals surface area contributed by atoms with Crippen molar-refractivity contribution < 1.29 is 14.3 Å². The van der Waals surface area contributed by atoms with Crippen LogP contribution in [0.2, 0.25) is 5.02 Å². The molecular weight excluding hydrogens is 398 g/mol. The fraction of sp³-hybridized carbons (Fsp3) is 0.300. The van der Waals surface area contributed by atoms with Gasteiger partial charge in [-0.25, -0.2) is 4.98 Å². The number of hydrogen-bond acceptors (Lipinski definition) is 6. The molecule has 1 fully saturated rings. The fourth-order valence-electron chi connectivity index (χ4n) is 3.29. The number of aromatic nitrogens is 1. The molecule has 0 bridgehead atoms. The molecule has 3 aromatic rings. The van der Waals surface area contributed by atoms with E-state index in [0.29, 0.717) is 23.7 Å². The van der Waals surface area contributed by atoms with Crippen LogP contribution in [-0.4, -0.2) is 56.2 Å². The molecule has 0 radical (unpaired) electrons. The first-order chi connectivity index (χ1) is 13.6. The highest BCUT2D eigenvalue weighted by molar-refractivity contribution is 7.22. The number of carbonyl (C=O) groups is 1. The molecule has 6 nitrogen and oxygen atoms in total. The Kier molecular flexibility index (Phi) is 5.28. The second-order valence-corrected chi connectivity index (χ2v) is 7.84. The van der Waals surface area contributed by atoms with Crippen LogP contribution in [0.4, 0.5) is 5.13 Å². The molecule has 1 aliphatic heterocycles. The van der Waals surface area contributed by atoms with E-state index in [0.717, 1.165) is 39.9 Å². The summed E-state index contributed by atoms with van der Waals surface area (Å²) in [5, 5.41) is 1.54. The van der Waals surface area contributed by atoms with Gasteiger partial charge in [-0.05, 0) is 36.4 Å². The summed E-state index contributed by atoms with van der Waals surface area (Å²) < 4.78 is 11.9. The number of carbonyl (C=O) groups excluding carboxylic acids is 1. The first-order valence-electron chi connectivity index (χ1n) is 8.92. The van der Waals surface area contributed by atoms with Gasteiger partial charge in [0, 0.05) is 36.8 Å². The van der Waals surface area contributed by atoms with Crippen LogP contribution < -0.4 is 14.4 Å². The average molecular weight is 418 g/mol. The van der Waals surface area contributed by atoms with Gasteiger partial charge in [0.05, 0.1) is 14.2 Å². The Hall–Kier alpha value is -2.51. The Morgan fingerprint density at radius 2 is 1.64 bits per heavy atom. The zero-order valence-corrected chi connectivity index (χ0v) is 17.2. The van der Waals surface area contributed by atoms with E-state index in [1.165, 1.54) is 0 Å². The third-order valence-corrected chi connectivity index (χ3v) is 6.21.